The van der Waals surface area contributed by atoms with Crippen LogP contribution in [0.1, 0.15) is 50.0 Å². The van der Waals surface area contributed by atoms with Gasteiger partial charge in [-0.3, -0.25) is 19.0 Å². The summed E-state index contributed by atoms with van der Waals surface area (Å²) in [6, 6.07) is 11.9. The van der Waals surface area contributed by atoms with Crippen LogP contribution in [0.2, 0.25) is 0 Å². The van der Waals surface area contributed by atoms with Gasteiger partial charge in [-0.05, 0) is 63.4 Å². The van der Waals surface area contributed by atoms with Crippen molar-refractivity contribution in [1.82, 2.24) is 24.1 Å². The van der Waals surface area contributed by atoms with E-state index in [1.54, 1.807) is 24.3 Å². The smallest absolute Gasteiger partial charge is 0.350 e. The van der Waals surface area contributed by atoms with Crippen molar-refractivity contribution in [2.24, 2.45) is 5.92 Å². The van der Waals surface area contributed by atoms with Gasteiger partial charge in [0.15, 0.2) is 0 Å². The van der Waals surface area contributed by atoms with E-state index in [9.17, 15) is 19.2 Å². The van der Waals surface area contributed by atoms with Crippen molar-refractivity contribution >= 4 is 34.2 Å². The normalized spacial score (nSPS) is 11.5. The van der Waals surface area contributed by atoms with E-state index < -0.39 is 11.6 Å². The summed E-state index contributed by atoms with van der Waals surface area (Å²) in [4.78, 5) is 52.3. The molecule has 0 saturated heterocycles. The van der Waals surface area contributed by atoms with Crippen molar-refractivity contribution in [2.75, 3.05) is 5.32 Å². The number of hydrogen-bond donors (Lipinski definition) is 2. The minimum Gasteiger partial charge on any atom is -0.350 e. The van der Waals surface area contributed by atoms with Gasteiger partial charge in [0, 0.05) is 23.8 Å². The molecule has 0 atom stereocenters. The van der Waals surface area contributed by atoms with E-state index in [-0.39, 0.29) is 35.3 Å². The summed E-state index contributed by atoms with van der Waals surface area (Å²) in [5.41, 5.74) is 1.37. The second-order valence-corrected chi connectivity index (χ2v) is 9.99. The molecule has 10 heteroatoms. The van der Waals surface area contributed by atoms with Gasteiger partial charge in [0.05, 0.1) is 10.9 Å². The Morgan fingerprint density at radius 2 is 1.70 bits per heavy atom. The van der Waals surface area contributed by atoms with Crippen molar-refractivity contribution in [1.29, 1.82) is 0 Å². The Morgan fingerprint density at radius 3 is 2.35 bits per heavy atom. The van der Waals surface area contributed by atoms with E-state index in [0.29, 0.717) is 35.5 Å². The van der Waals surface area contributed by atoms with Gasteiger partial charge in [-0.2, -0.15) is 0 Å². The molecule has 0 saturated carbocycles. The number of carbonyl (C=O) groups excluding carboxylic acids is 2. The molecule has 10 nitrogen and oxygen atoms in total. The maximum absolute atomic E-state index is 13.5. The van der Waals surface area contributed by atoms with Gasteiger partial charge in [-0.25, -0.2) is 13.9 Å². The molecular formula is C27H32N6O4. The molecule has 2 N–H and O–H groups in total. The summed E-state index contributed by atoms with van der Waals surface area (Å²) in [5, 5.41) is 10.3. The molecule has 0 aliphatic heterocycles. The third-order valence-electron chi connectivity index (χ3n) is 6.02. The molecule has 0 unspecified atom stereocenters. The fraction of sp³-hybridized carbons (Fsp3) is 0.370. The second kappa shape index (κ2) is 10.4. The molecule has 37 heavy (non-hydrogen) atoms. The number of aryl methyl sites for hydroxylation is 2. The number of benzene rings is 2. The largest absolute Gasteiger partial charge is 0.352 e. The van der Waals surface area contributed by atoms with E-state index in [0.717, 1.165) is 10.2 Å². The Morgan fingerprint density at radius 1 is 1.00 bits per heavy atom. The molecule has 0 aliphatic carbocycles. The standard InChI is InChI=1S/C27H32N6O4/c1-16(2)12-13-31-25(36)21-11-8-19(24(35)28-17(3)4)14-22(21)33-26(31)30-32(27(33)37)15-23(34)29-20-9-6-18(5)7-10-20/h6-11,14,16-17H,12-13,15H2,1-5H3,(H,28,35)(H,29,34). The highest BCUT2D eigenvalue weighted by molar-refractivity contribution is 5.98. The lowest BCUT2D eigenvalue weighted by molar-refractivity contribution is -0.117. The monoisotopic (exact) mass is 504 g/mol. The van der Waals surface area contributed by atoms with Crippen molar-refractivity contribution in [3.63, 3.8) is 0 Å². The number of fused-ring (bicyclic) bond motifs is 3. The lowest BCUT2D eigenvalue weighted by Crippen LogP contribution is -2.31. The fourth-order valence-corrected chi connectivity index (χ4v) is 4.07. The maximum Gasteiger partial charge on any atom is 0.352 e. The molecule has 4 rings (SSSR count). The van der Waals surface area contributed by atoms with Gasteiger partial charge in [0.25, 0.3) is 11.5 Å². The quantitative estimate of drug-likeness (QED) is 0.382. The zero-order valence-electron chi connectivity index (χ0n) is 21.7. The summed E-state index contributed by atoms with van der Waals surface area (Å²) >= 11 is 0. The molecule has 2 aromatic heterocycles. The average Bonchev–Trinajstić information content (AvgIpc) is 3.15. The number of amides is 2. The van der Waals surface area contributed by atoms with Gasteiger partial charge < -0.3 is 10.6 Å². The zero-order chi connectivity index (χ0) is 26.9. The SMILES string of the molecule is Cc1ccc(NC(=O)Cn2nc3n(CCC(C)C)c(=O)c4ccc(C(=O)NC(C)C)cc4n3c2=O)cc1. The van der Waals surface area contributed by atoms with Crippen LogP contribution in [-0.2, 0) is 17.9 Å². The first-order valence-electron chi connectivity index (χ1n) is 12.4. The number of hydrogen-bond acceptors (Lipinski definition) is 5. The number of carbonyl (C=O) groups is 2. The molecule has 2 heterocycles. The van der Waals surface area contributed by atoms with Gasteiger partial charge in [-0.1, -0.05) is 31.5 Å². The summed E-state index contributed by atoms with van der Waals surface area (Å²) in [5.74, 6) is -0.287. The van der Waals surface area contributed by atoms with E-state index in [1.165, 1.54) is 15.0 Å². The molecule has 4 aromatic rings. The number of anilines is 1. The highest BCUT2D eigenvalue weighted by atomic mass is 16.2. The molecule has 0 radical (unpaired) electrons. The van der Waals surface area contributed by atoms with Crippen LogP contribution in [0.3, 0.4) is 0 Å². The van der Waals surface area contributed by atoms with Crippen LogP contribution in [0.15, 0.2) is 52.1 Å². The van der Waals surface area contributed by atoms with Crippen LogP contribution in [-0.4, -0.2) is 36.6 Å². The number of nitrogens with zero attached hydrogens (tertiary/aromatic N) is 4. The molecule has 2 aromatic carbocycles. The van der Waals surface area contributed by atoms with Gasteiger partial charge in [0.1, 0.15) is 6.54 Å². The number of nitrogens with one attached hydrogen (secondary N) is 2. The summed E-state index contributed by atoms with van der Waals surface area (Å²) in [6.45, 7) is 9.76. The Kier molecular flexibility index (Phi) is 7.28. The molecule has 194 valence electrons. The first kappa shape index (κ1) is 25.9. The lowest BCUT2D eigenvalue weighted by Gasteiger charge is -2.12. The minimum absolute atomic E-state index is 0.0789. The predicted molar refractivity (Wildman–Crippen MR) is 143 cm³/mol. The minimum atomic E-state index is -0.571. The van der Waals surface area contributed by atoms with E-state index in [2.05, 4.69) is 15.7 Å². The third-order valence-corrected chi connectivity index (χ3v) is 6.02. The van der Waals surface area contributed by atoms with Crippen molar-refractivity contribution in [3.8, 4) is 0 Å². The summed E-state index contributed by atoms with van der Waals surface area (Å²) in [7, 11) is 0. The second-order valence-electron chi connectivity index (χ2n) is 9.99. The van der Waals surface area contributed by atoms with E-state index >= 15 is 0 Å². The number of rotatable bonds is 8. The predicted octanol–water partition coefficient (Wildman–Crippen LogP) is 2.94. The van der Waals surface area contributed by atoms with Crippen LogP contribution in [0.5, 0.6) is 0 Å². The first-order chi connectivity index (χ1) is 17.5. The molecule has 0 spiro atoms. The van der Waals surface area contributed by atoms with Crippen LogP contribution < -0.4 is 21.9 Å². The maximum atomic E-state index is 13.5. The zero-order valence-corrected chi connectivity index (χ0v) is 21.7. The Bertz CT molecular complexity index is 1590. The summed E-state index contributed by atoms with van der Waals surface area (Å²) in [6.07, 6.45) is 0.699. The average molecular weight is 505 g/mol. The van der Waals surface area contributed by atoms with Crippen molar-refractivity contribution < 1.29 is 9.59 Å². The Balaban J connectivity index is 1.83. The summed E-state index contributed by atoms with van der Waals surface area (Å²) < 4.78 is 3.82. The van der Waals surface area contributed by atoms with Gasteiger partial charge in [-0.15, -0.1) is 5.10 Å². The topological polar surface area (TPSA) is 120 Å². The highest BCUT2D eigenvalue weighted by Gasteiger charge is 2.20. The van der Waals surface area contributed by atoms with Crippen molar-refractivity contribution in [3.05, 3.63) is 74.4 Å². The Labute approximate surface area is 213 Å². The van der Waals surface area contributed by atoms with Crippen molar-refractivity contribution in [2.45, 2.75) is 60.2 Å². The highest BCUT2D eigenvalue weighted by Crippen LogP contribution is 2.16. The molecule has 0 bridgehead atoms. The molecule has 0 aliphatic rings. The van der Waals surface area contributed by atoms with E-state index in [4.69, 9.17) is 0 Å². The van der Waals surface area contributed by atoms with Crippen LogP contribution in [0.25, 0.3) is 16.7 Å². The van der Waals surface area contributed by atoms with Crippen LogP contribution in [0.4, 0.5) is 5.69 Å². The van der Waals surface area contributed by atoms with Gasteiger partial charge in [0.2, 0.25) is 11.7 Å². The fourth-order valence-electron chi connectivity index (χ4n) is 4.07. The van der Waals surface area contributed by atoms with E-state index in [1.807, 2.05) is 46.8 Å². The third kappa shape index (κ3) is 5.47. The van der Waals surface area contributed by atoms with Crippen LogP contribution in [0, 0.1) is 12.8 Å². The molecule has 2 amide bonds. The molecule has 0 fully saturated rings. The number of aromatic nitrogens is 4. The lowest BCUT2D eigenvalue weighted by atomic mass is 10.1. The van der Waals surface area contributed by atoms with Crippen LogP contribution >= 0.6 is 0 Å². The Hall–Kier alpha value is -4.21. The van der Waals surface area contributed by atoms with Gasteiger partial charge >= 0.3 is 5.69 Å². The first-order valence-corrected chi connectivity index (χ1v) is 12.4. The molecular weight excluding hydrogens is 472 g/mol.